The smallest absolute Gasteiger partial charge is 0.433 e. The van der Waals surface area contributed by atoms with Gasteiger partial charge in [-0.3, -0.25) is 0 Å². The highest BCUT2D eigenvalue weighted by atomic mass is 35.5. The molecule has 0 bridgehead atoms. The van der Waals surface area contributed by atoms with E-state index in [0.717, 1.165) is 11.6 Å². The number of methoxy groups -OCH3 is 1. The van der Waals surface area contributed by atoms with E-state index in [9.17, 15) is 13.2 Å². The summed E-state index contributed by atoms with van der Waals surface area (Å²) in [6.45, 7) is 1.75. The Morgan fingerprint density at radius 1 is 1.28 bits per heavy atom. The minimum absolute atomic E-state index is 0.0173. The average molecular weight is 276 g/mol. The van der Waals surface area contributed by atoms with E-state index in [1.807, 2.05) is 0 Å². The molecule has 2 nitrogen and oxygen atoms in total. The van der Waals surface area contributed by atoms with Crippen molar-refractivity contribution in [2.45, 2.75) is 13.1 Å². The number of halogens is 4. The van der Waals surface area contributed by atoms with Crippen molar-refractivity contribution >= 4 is 22.5 Å². The SMILES string of the molecule is COc1ccc(C)c2c(Cl)cc(C(F)(F)F)nc12. The fourth-order valence-corrected chi connectivity index (χ4v) is 2.08. The predicted octanol–water partition coefficient (Wildman–Crippen LogP) is 4.22. The van der Waals surface area contributed by atoms with Crippen LogP contribution in [0.25, 0.3) is 10.9 Å². The normalized spacial score (nSPS) is 11.9. The van der Waals surface area contributed by atoms with E-state index >= 15 is 0 Å². The number of aryl methyl sites for hydroxylation is 1. The van der Waals surface area contributed by atoms with Crippen LogP contribution in [0.4, 0.5) is 13.2 Å². The molecule has 6 heteroatoms. The van der Waals surface area contributed by atoms with Crippen molar-refractivity contribution < 1.29 is 17.9 Å². The zero-order chi connectivity index (χ0) is 13.5. The molecule has 0 N–H and O–H groups in total. The van der Waals surface area contributed by atoms with Gasteiger partial charge in [0, 0.05) is 5.39 Å². The Balaban J connectivity index is 2.86. The third-order valence-corrected chi connectivity index (χ3v) is 2.89. The Morgan fingerprint density at radius 2 is 1.94 bits per heavy atom. The van der Waals surface area contributed by atoms with E-state index < -0.39 is 11.9 Å². The van der Waals surface area contributed by atoms with Gasteiger partial charge in [-0.1, -0.05) is 17.7 Å². The molecule has 0 saturated carbocycles. The zero-order valence-electron chi connectivity index (χ0n) is 9.60. The maximum Gasteiger partial charge on any atom is 0.433 e. The van der Waals surface area contributed by atoms with Crippen molar-refractivity contribution in [1.29, 1.82) is 0 Å². The van der Waals surface area contributed by atoms with Crippen LogP contribution in [-0.4, -0.2) is 12.1 Å². The van der Waals surface area contributed by atoms with Crippen LogP contribution in [0.5, 0.6) is 5.75 Å². The molecule has 0 saturated heterocycles. The summed E-state index contributed by atoms with van der Waals surface area (Å²) in [6, 6.07) is 4.12. The van der Waals surface area contributed by atoms with Gasteiger partial charge in [0.1, 0.15) is 17.0 Å². The molecule has 0 spiro atoms. The third-order valence-electron chi connectivity index (χ3n) is 2.59. The van der Waals surface area contributed by atoms with Crippen LogP contribution in [0.3, 0.4) is 0 Å². The van der Waals surface area contributed by atoms with Gasteiger partial charge in [0.15, 0.2) is 0 Å². The average Bonchev–Trinajstić information content (AvgIpc) is 2.27. The largest absolute Gasteiger partial charge is 0.494 e. The van der Waals surface area contributed by atoms with Crippen molar-refractivity contribution in [2.24, 2.45) is 0 Å². The molecule has 0 radical (unpaired) electrons. The summed E-state index contributed by atoms with van der Waals surface area (Å²) in [7, 11) is 1.37. The van der Waals surface area contributed by atoms with E-state index in [0.29, 0.717) is 5.39 Å². The van der Waals surface area contributed by atoms with Crippen LogP contribution in [0.15, 0.2) is 18.2 Å². The van der Waals surface area contributed by atoms with Gasteiger partial charge >= 0.3 is 6.18 Å². The Kier molecular flexibility index (Phi) is 3.11. The summed E-state index contributed by atoms with van der Waals surface area (Å²) in [5.74, 6) is 0.267. The molecule has 1 aromatic carbocycles. The minimum Gasteiger partial charge on any atom is -0.494 e. The van der Waals surface area contributed by atoms with Gasteiger partial charge in [0.25, 0.3) is 0 Å². The molecular weight excluding hydrogens is 267 g/mol. The summed E-state index contributed by atoms with van der Waals surface area (Å²) in [5.41, 5.74) is -0.154. The number of fused-ring (bicyclic) bond motifs is 1. The van der Waals surface area contributed by atoms with Crippen molar-refractivity contribution in [1.82, 2.24) is 4.98 Å². The lowest BCUT2D eigenvalue weighted by Crippen LogP contribution is -2.08. The predicted molar refractivity (Wildman–Crippen MR) is 63.0 cm³/mol. The van der Waals surface area contributed by atoms with Crippen molar-refractivity contribution in [3.05, 3.63) is 34.5 Å². The molecular formula is C12H9ClF3NO. The first-order valence-corrected chi connectivity index (χ1v) is 5.43. The van der Waals surface area contributed by atoms with Gasteiger partial charge in [-0.25, -0.2) is 4.98 Å². The number of alkyl halides is 3. The lowest BCUT2D eigenvalue weighted by molar-refractivity contribution is -0.140. The van der Waals surface area contributed by atoms with Crippen LogP contribution >= 0.6 is 11.6 Å². The van der Waals surface area contributed by atoms with Crippen molar-refractivity contribution in [2.75, 3.05) is 7.11 Å². The second-order valence-electron chi connectivity index (χ2n) is 3.80. The van der Waals surface area contributed by atoms with Crippen LogP contribution in [-0.2, 0) is 6.18 Å². The Hall–Kier alpha value is -1.49. The van der Waals surface area contributed by atoms with Gasteiger partial charge in [0.2, 0.25) is 0 Å². The highest BCUT2D eigenvalue weighted by Crippen LogP contribution is 2.37. The van der Waals surface area contributed by atoms with E-state index in [1.54, 1.807) is 19.1 Å². The molecule has 96 valence electrons. The monoisotopic (exact) mass is 275 g/mol. The van der Waals surface area contributed by atoms with Gasteiger partial charge in [-0.05, 0) is 24.6 Å². The fraction of sp³-hybridized carbons (Fsp3) is 0.250. The minimum atomic E-state index is -4.54. The molecule has 0 atom stereocenters. The number of benzene rings is 1. The standard InChI is InChI=1S/C12H9ClF3NO/c1-6-3-4-8(18-2)11-10(6)7(13)5-9(17-11)12(14,15)16/h3-5H,1-2H3. The van der Waals surface area contributed by atoms with Gasteiger partial charge in [-0.2, -0.15) is 13.2 Å². The lowest BCUT2D eigenvalue weighted by Gasteiger charge is -2.12. The van der Waals surface area contributed by atoms with Crippen LogP contribution in [0, 0.1) is 6.92 Å². The first-order valence-electron chi connectivity index (χ1n) is 5.05. The Morgan fingerprint density at radius 3 is 2.50 bits per heavy atom. The Labute approximate surface area is 106 Å². The molecule has 0 aliphatic heterocycles. The Bertz CT molecular complexity index is 610. The lowest BCUT2D eigenvalue weighted by atomic mass is 10.1. The van der Waals surface area contributed by atoms with Gasteiger partial charge in [0.05, 0.1) is 12.1 Å². The van der Waals surface area contributed by atoms with Crippen LogP contribution in [0.2, 0.25) is 5.02 Å². The summed E-state index contributed by atoms with van der Waals surface area (Å²) in [4.78, 5) is 3.60. The van der Waals surface area contributed by atoms with Crippen molar-refractivity contribution in [3.63, 3.8) is 0 Å². The fourth-order valence-electron chi connectivity index (χ4n) is 1.74. The second-order valence-corrected chi connectivity index (χ2v) is 4.20. The first-order chi connectivity index (χ1) is 8.34. The van der Waals surface area contributed by atoms with Gasteiger partial charge in [-0.15, -0.1) is 0 Å². The van der Waals surface area contributed by atoms with Crippen molar-refractivity contribution in [3.8, 4) is 5.75 Å². The molecule has 2 aromatic rings. The zero-order valence-corrected chi connectivity index (χ0v) is 10.4. The summed E-state index contributed by atoms with van der Waals surface area (Å²) in [5, 5.41) is 0.493. The molecule has 0 unspecified atom stereocenters. The number of ether oxygens (including phenoxy) is 1. The molecule has 1 heterocycles. The molecule has 18 heavy (non-hydrogen) atoms. The number of hydrogen-bond acceptors (Lipinski definition) is 2. The quantitative estimate of drug-likeness (QED) is 0.777. The van der Waals surface area contributed by atoms with E-state index in [2.05, 4.69) is 4.98 Å². The number of rotatable bonds is 1. The van der Waals surface area contributed by atoms with Crippen LogP contribution < -0.4 is 4.74 Å². The molecule has 0 aliphatic rings. The number of aromatic nitrogens is 1. The second kappa shape index (κ2) is 4.31. The maximum atomic E-state index is 12.7. The summed E-state index contributed by atoms with van der Waals surface area (Å²) < 4.78 is 43.0. The summed E-state index contributed by atoms with van der Waals surface area (Å²) in [6.07, 6.45) is -4.54. The number of nitrogens with zero attached hydrogens (tertiary/aromatic N) is 1. The number of hydrogen-bond donors (Lipinski definition) is 0. The van der Waals surface area contributed by atoms with Gasteiger partial charge < -0.3 is 4.74 Å². The molecule has 0 fully saturated rings. The molecule has 1 aromatic heterocycles. The van der Waals surface area contributed by atoms with E-state index in [4.69, 9.17) is 16.3 Å². The molecule has 0 aliphatic carbocycles. The van der Waals surface area contributed by atoms with Crippen LogP contribution in [0.1, 0.15) is 11.3 Å². The first kappa shape index (κ1) is 13.0. The topological polar surface area (TPSA) is 22.1 Å². The maximum absolute atomic E-state index is 12.7. The third kappa shape index (κ3) is 2.10. The summed E-state index contributed by atoms with van der Waals surface area (Å²) >= 11 is 5.91. The number of pyridine rings is 1. The highest BCUT2D eigenvalue weighted by molar-refractivity contribution is 6.35. The van der Waals surface area contributed by atoms with E-state index in [-0.39, 0.29) is 16.3 Å². The molecule has 2 rings (SSSR count). The van der Waals surface area contributed by atoms with E-state index in [1.165, 1.54) is 7.11 Å². The highest BCUT2D eigenvalue weighted by Gasteiger charge is 2.33. The molecule has 0 amide bonds.